The van der Waals surface area contributed by atoms with Crippen molar-refractivity contribution in [2.45, 2.75) is 53.9 Å². The number of rotatable bonds is 5. The van der Waals surface area contributed by atoms with E-state index in [1.54, 1.807) is 0 Å². The van der Waals surface area contributed by atoms with E-state index in [4.69, 9.17) is 9.72 Å². The molecular formula is C25H33N3O4. The van der Waals surface area contributed by atoms with Crippen LogP contribution in [0.3, 0.4) is 0 Å². The largest absolute Gasteiger partial charge is 0.452 e. The molecule has 2 aromatic rings. The lowest BCUT2D eigenvalue weighted by Gasteiger charge is -2.35. The van der Waals surface area contributed by atoms with Gasteiger partial charge in [-0.1, -0.05) is 52.8 Å². The van der Waals surface area contributed by atoms with Gasteiger partial charge in [0.25, 0.3) is 5.91 Å². The van der Waals surface area contributed by atoms with E-state index in [1.807, 2.05) is 38.1 Å². The molecule has 3 rings (SSSR count). The molecular weight excluding hydrogens is 406 g/mol. The smallest absolute Gasteiger partial charge is 0.339 e. The van der Waals surface area contributed by atoms with E-state index < -0.39 is 24.5 Å². The van der Waals surface area contributed by atoms with E-state index >= 15 is 0 Å². The number of hydrogen-bond acceptors (Lipinski definition) is 5. The second-order valence-electron chi connectivity index (χ2n) is 9.96. The average molecular weight is 440 g/mol. The highest BCUT2D eigenvalue weighted by Gasteiger charge is 2.33. The number of hydrogen-bond donors (Lipinski definition) is 2. The summed E-state index contributed by atoms with van der Waals surface area (Å²) in [6, 6.07) is 6.90. The molecule has 0 aliphatic heterocycles. The third-order valence-corrected chi connectivity index (χ3v) is 5.95. The minimum atomic E-state index is -0.667. The molecule has 1 heterocycles. The molecule has 0 saturated carbocycles. The zero-order valence-electron chi connectivity index (χ0n) is 19.6. The SMILES string of the molecule is CC(C)CNC(=O)NC(=O)COC(=O)c1c2c(nc3ccccc13)CCC(C(C)(C)C)C2. The first-order valence-electron chi connectivity index (χ1n) is 11.2. The molecule has 1 aliphatic rings. The van der Waals surface area contributed by atoms with Gasteiger partial charge >= 0.3 is 12.0 Å². The summed E-state index contributed by atoms with van der Waals surface area (Å²) in [5.74, 6) is -0.555. The highest BCUT2D eigenvalue weighted by Crippen LogP contribution is 2.39. The highest BCUT2D eigenvalue weighted by molar-refractivity contribution is 6.06. The molecule has 0 radical (unpaired) electrons. The number of para-hydroxylation sites is 1. The Kier molecular flexibility index (Phi) is 7.16. The zero-order chi connectivity index (χ0) is 23.5. The molecule has 172 valence electrons. The molecule has 0 spiro atoms. The fourth-order valence-electron chi connectivity index (χ4n) is 4.07. The van der Waals surface area contributed by atoms with E-state index in [0.717, 1.165) is 41.4 Å². The standard InChI is InChI=1S/C25H33N3O4/c1-15(2)13-26-24(31)28-21(29)14-32-23(30)22-17-8-6-7-9-19(17)27-20-11-10-16(12-18(20)22)25(3,4)5/h6-9,15-16H,10-14H2,1-5H3,(H2,26,28,29,31). The quantitative estimate of drug-likeness (QED) is 0.686. The van der Waals surface area contributed by atoms with E-state index in [-0.39, 0.29) is 11.3 Å². The molecule has 1 aliphatic carbocycles. The number of pyridine rings is 1. The van der Waals surface area contributed by atoms with Crippen LogP contribution < -0.4 is 10.6 Å². The summed E-state index contributed by atoms with van der Waals surface area (Å²) in [6.07, 6.45) is 2.56. The van der Waals surface area contributed by atoms with Crippen molar-refractivity contribution in [2.75, 3.05) is 13.2 Å². The monoisotopic (exact) mass is 439 g/mol. The Labute approximate surface area is 189 Å². The van der Waals surface area contributed by atoms with Gasteiger partial charge in [-0.2, -0.15) is 0 Å². The maximum Gasteiger partial charge on any atom is 0.339 e. The molecule has 7 heteroatoms. The van der Waals surface area contributed by atoms with Gasteiger partial charge < -0.3 is 10.1 Å². The van der Waals surface area contributed by atoms with Crippen molar-refractivity contribution in [1.82, 2.24) is 15.6 Å². The summed E-state index contributed by atoms with van der Waals surface area (Å²) in [5.41, 5.74) is 3.17. The third-order valence-electron chi connectivity index (χ3n) is 5.95. The van der Waals surface area contributed by atoms with E-state index in [2.05, 4.69) is 31.4 Å². The van der Waals surface area contributed by atoms with Crippen LogP contribution in [0.15, 0.2) is 24.3 Å². The predicted octanol–water partition coefficient (Wildman–Crippen LogP) is 4.02. The Balaban J connectivity index is 1.80. The Morgan fingerprint density at radius 2 is 1.91 bits per heavy atom. The van der Waals surface area contributed by atoms with Crippen molar-refractivity contribution in [1.29, 1.82) is 0 Å². The van der Waals surface area contributed by atoms with Crippen LogP contribution in [0.25, 0.3) is 10.9 Å². The summed E-state index contributed by atoms with van der Waals surface area (Å²) in [5, 5.41) is 5.51. The lowest BCUT2D eigenvalue weighted by Crippen LogP contribution is -2.42. The topological polar surface area (TPSA) is 97.4 Å². The molecule has 2 N–H and O–H groups in total. The number of amides is 3. The molecule has 0 fully saturated rings. The fraction of sp³-hybridized carbons (Fsp3) is 0.520. The van der Waals surface area contributed by atoms with Crippen molar-refractivity contribution < 1.29 is 19.1 Å². The molecule has 1 unspecified atom stereocenters. The van der Waals surface area contributed by atoms with Crippen LogP contribution in [-0.4, -0.2) is 36.0 Å². The van der Waals surface area contributed by atoms with Crippen LogP contribution in [0.5, 0.6) is 0 Å². The number of aromatic nitrogens is 1. The first-order valence-corrected chi connectivity index (χ1v) is 11.2. The summed E-state index contributed by atoms with van der Waals surface area (Å²) >= 11 is 0. The van der Waals surface area contributed by atoms with Crippen LogP contribution in [0, 0.1) is 17.3 Å². The van der Waals surface area contributed by atoms with Crippen LogP contribution in [0.2, 0.25) is 0 Å². The normalized spacial score (nSPS) is 15.9. The number of nitrogens with one attached hydrogen (secondary N) is 2. The lowest BCUT2D eigenvalue weighted by molar-refractivity contribution is -0.123. The van der Waals surface area contributed by atoms with Crippen LogP contribution in [-0.2, 0) is 22.4 Å². The molecule has 1 aromatic carbocycles. The average Bonchev–Trinajstić information content (AvgIpc) is 2.73. The Morgan fingerprint density at radius 1 is 1.19 bits per heavy atom. The summed E-state index contributed by atoms with van der Waals surface area (Å²) in [4.78, 5) is 41.9. The predicted molar refractivity (Wildman–Crippen MR) is 123 cm³/mol. The Morgan fingerprint density at radius 3 is 2.59 bits per heavy atom. The molecule has 0 bridgehead atoms. The first-order chi connectivity index (χ1) is 15.1. The highest BCUT2D eigenvalue weighted by atomic mass is 16.5. The number of fused-ring (bicyclic) bond motifs is 2. The Hall–Kier alpha value is -2.96. The second kappa shape index (κ2) is 9.67. The molecule has 1 atom stereocenters. The number of aryl methyl sites for hydroxylation is 1. The van der Waals surface area contributed by atoms with Crippen molar-refractivity contribution >= 4 is 28.8 Å². The summed E-state index contributed by atoms with van der Waals surface area (Å²) < 4.78 is 5.35. The van der Waals surface area contributed by atoms with Crippen molar-refractivity contribution in [3.63, 3.8) is 0 Å². The zero-order valence-corrected chi connectivity index (χ0v) is 19.6. The lowest BCUT2D eigenvalue weighted by atomic mass is 9.70. The first kappa shape index (κ1) is 23.7. The number of carbonyl (C=O) groups is 3. The number of urea groups is 1. The molecule has 1 aromatic heterocycles. The molecule has 32 heavy (non-hydrogen) atoms. The van der Waals surface area contributed by atoms with Crippen molar-refractivity contribution in [3.05, 3.63) is 41.1 Å². The van der Waals surface area contributed by atoms with Crippen molar-refractivity contribution in [3.8, 4) is 0 Å². The molecule has 7 nitrogen and oxygen atoms in total. The van der Waals surface area contributed by atoms with Gasteiger partial charge in [-0.15, -0.1) is 0 Å². The van der Waals surface area contributed by atoms with Gasteiger partial charge in [0.15, 0.2) is 6.61 Å². The Bertz CT molecular complexity index is 1020. The van der Waals surface area contributed by atoms with Gasteiger partial charge in [0, 0.05) is 17.6 Å². The van der Waals surface area contributed by atoms with Gasteiger partial charge in [-0.05, 0) is 48.1 Å². The van der Waals surface area contributed by atoms with Gasteiger partial charge in [0.2, 0.25) is 0 Å². The van der Waals surface area contributed by atoms with E-state index in [0.29, 0.717) is 18.0 Å². The van der Waals surface area contributed by atoms with Crippen LogP contribution >= 0.6 is 0 Å². The maximum atomic E-state index is 13.2. The molecule has 0 saturated heterocycles. The summed E-state index contributed by atoms with van der Waals surface area (Å²) in [6.45, 7) is 10.5. The third kappa shape index (κ3) is 5.64. The minimum Gasteiger partial charge on any atom is -0.452 e. The van der Waals surface area contributed by atoms with Gasteiger partial charge in [-0.25, -0.2) is 9.59 Å². The minimum absolute atomic E-state index is 0.105. The number of carbonyl (C=O) groups excluding carboxylic acids is 3. The molecule has 3 amide bonds. The van der Waals surface area contributed by atoms with E-state index in [9.17, 15) is 14.4 Å². The van der Waals surface area contributed by atoms with Gasteiger partial charge in [0.05, 0.1) is 11.1 Å². The summed E-state index contributed by atoms with van der Waals surface area (Å²) in [7, 11) is 0. The maximum absolute atomic E-state index is 13.2. The number of esters is 1. The fourth-order valence-corrected chi connectivity index (χ4v) is 4.07. The number of benzene rings is 1. The van der Waals surface area contributed by atoms with Gasteiger partial charge in [0.1, 0.15) is 0 Å². The van der Waals surface area contributed by atoms with E-state index in [1.165, 1.54) is 0 Å². The second-order valence-corrected chi connectivity index (χ2v) is 9.96. The van der Waals surface area contributed by atoms with Gasteiger partial charge in [-0.3, -0.25) is 15.1 Å². The number of ether oxygens (including phenoxy) is 1. The number of nitrogens with zero attached hydrogens (tertiary/aromatic N) is 1. The van der Waals surface area contributed by atoms with Crippen LogP contribution in [0.1, 0.15) is 62.7 Å². The van der Waals surface area contributed by atoms with Crippen LogP contribution in [0.4, 0.5) is 4.79 Å². The van der Waals surface area contributed by atoms with Crippen molar-refractivity contribution in [2.24, 2.45) is 17.3 Å². The number of imide groups is 1.